The summed E-state index contributed by atoms with van der Waals surface area (Å²) in [7, 11) is 0. The molecule has 3 rings (SSSR count). The summed E-state index contributed by atoms with van der Waals surface area (Å²) < 4.78 is 13.7. The van der Waals surface area contributed by atoms with Crippen molar-refractivity contribution in [2.24, 2.45) is 0 Å². The fraction of sp³-hybridized carbons (Fsp3) is 0.588. The topological polar surface area (TPSA) is 52.6 Å². The van der Waals surface area contributed by atoms with E-state index in [1.807, 2.05) is 12.1 Å². The van der Waals surface area contributed by atoms with Crippen molar-refractivity contribution < 1.29 is 14.3 Å². The van der Waals surface area contributed by atoms with Crippen LogP contribution in [0.25, 0.3) is 0 Å². The maximum absolute atomic E-state index is 13.7. The van der Waals surface area contributed by atoms with Crippen LogP contribution in [0.4, 0.5) is 4.39 Å². The zero-order valence-corrected chi connectivity index (χ0v) is 13.9. The molecule has 1 amide bonds. The number of aliphatic hydroxyl groups is 1. The van der Waals surface area contributed by atoms with Crippen LogP contribution < -0.4 is 5.32 Å². The highest BCUT2D eigenvalue weighted by Gasteiger charge is 2.40. The van der Waals surface area contributed by atoms with Gasteiger partial charge in [-0.25, -0.2) is 4.39 Å². The molecule has 0 radical (unpaired) electrons. The van der Waals surface area contributed by atoms with Crippen LogP contribution >= 0.6 is 11.8 Å². The Kier molecular flexibility index (Phi) is 5.24. The molecule has 23 heavy (non-hydrogen) atoms. The molecule has 2 fully saturated rings. The first-order valence-corrected chi connectivity index (χ1v) is 9.29. The fourth-order valence-electron chi connectivity index (χ4n) is 3.16. The number of halogens is 1. The van der Waals surface area contributed by atoms with Crippen molar-refractivity contribution in [3.8, 4) is 0 Å². The number of nitrogens with one attached hydrogen (secondary N) is 1. The van der Waals surface area contributed by atoms with Gasteiger partial charge in [0.05, 0.1) is 0 Å². The van der Waals surface area contributed by atoms with E-state index in [0.29, 0.717) is 24.3 Å². The molecule has 1 unspecified atom stereocenters. The second-order valence-electron chi connectivity index (χ2n) is 6.45. The number of hydrogen-bond donors (Lipinski definition) is 2. The molecule has 2 N–H and O–H groups in total. The van der Waals surface area contributed by atoms with E-state index in [0.717, 1.165) is 31.7 Å². The van der Waals surface area contributed by atoms with Crippen LogP contribution in [0.3, 0.4) is 0 Å². The lowest BCUT2D eigenvalue weighted by Gasteiger charge is -2.33. The first kappa shape index (κ1) is 16.7. The van der Waals surface area contributed by atoms with Crippen LogP contribution in [0, 0.1) is 5.82 Å². The standard InChI is InChI=1S/C17H23FN2O2S/c18-15-4-2-1-3-13(15)11-20-8-5-14(6-9-20)19-16(21)17(22)7-10-23-12-17/h1-4,14,22H,5-12H2,(H,19,21). The van der Waals surface area contributed by atoms with Gasteiger partial charge in [-0.1, -0.05) is 18.2 Å². The number of rotatable bonds is 4. The van der Waals surface area contributed by atoms with Crippen LogP contribution in [0.2, 0.25) is 0 Å². The smallest absolute Gasteiger partial charge is 0.253 e. The molecule has 0 aliphatic carbocycles. The third-order valence-corrected chi connectivity index (χ3v) is 5.87. The maximum atomic E-state index is 13.7. The average molecular weight is 338 g/mol. The second-order valence-corrected chi connectivity index (χ2v) is 7.55. The highest BCUT2D eigenvalue weighted by molar-refractivity contribution is 7.99. The predicted molar refractivity (Wildman–Crippen MR) is 89.7 cm³/mol. The lowest BCUT2D eigenvalue weighted by molar-refractivity contribution is -0.138. The Labute approximate surface area is 140 Å². The number of benzene rings is 1. The van der Waals surface area contributed by atoms with Crippen molar-refractivity contribution in [1.29, 1.82) is 0 Å². The Morgan fingerprint density at radius 2 is 2.13 bits per heavy atom. The summed E-state index contributed by atoms with van der Waals surface area (Å²) in [5.74, 6) is 0.939. The minimum Gasteiger partial charge on any atom is -0.379 e. The Morgan fingerprint density at radius 1 is 1.39 bits per heavy atom. The van der Waals surface area contributed by atoms with Crippen molar-refractivity contribution in [3.05, 3.63) is 35.6 Å². The summed E-state index contributed by atoms with van der Waals surface area (Å²) >= 11 is 1.62. The molecule has 2 heterocycles. The molecule has 6 heteroatoms. The van der Waals surface area contributed by atoms with Crippen LogP contribution in [-0.4, -0.2) is 52.2 Å². The second kappa shape index (κ2) is 7.20. The molecule has 0 saturated carbocycles. The van der Waals surface area contributed by atoms with E-state index in [-0.39, 0.29) is 17.8 Å². The van der Waals surface area contributed by atoms with E-state index in [4.69, 9.17) is 0 Å². The van der Waals surface area contributed by atoms with Gasteiger partial charge in [-0.05, 0) is 31.1 Å². The monoisotopic (exact) mass is 338 g/mol. The number of hydrogen-bond acceptors (Lipinski definition) is 4. The van der Waals surface area contributed by atoms with Crippen LogP contribution in [0.1, 0.15) is 24.8 Å². The Hall–Kier alpha value is -1.11. The summed E-state index contributed by atoms with van der Waals surface area (Å²) in [5, 5.41) is 13.3. The van der Waals surface area contributed by atoms with Crippen molar-refractivity contribution in [2.75, 3.05) is 24.6 Å². The van der Waals surface area contributed by atoms with Crippen LogP contribution in [0.15, 0.2) is 24.3 Å². The Bertz CT molecular complexity index is 555. The molecule has 1 aromatic rings. The highest BCUT2D eigenvalue weighted by Crippen LogP contribution is 2.28. The number of carbonyl (C=O) groups excluding carboxylic acids is 1. The van der Waals surface area contributed by atoms with Gasteiger partial charge in [0.2, 0.25) is 0 Å². The molecule has 126 valence electrons. The van der Waals surface area contributed by atoms with Gasteiger partial charge in [-0.3, -0.25) is 9.69 Å². The van der Waals surface area contributed by atoms with Crippen LogP contribution in [0.5, 0.6) is 0 Å². The normalized spacial score (nSPS) is 26.3. The van der Waals surface area contributed by atoms with Gasteiger partial charge in [0.15, 0.2) is 5.60 Å². The van der Waals surface area contributed by atoms with E-state index in [2.05, 4.69) is 10.2 Å². The zero-order chi connectivity index (χ0) is 16.3. The van der Waals surface area contributed by atoms with Gasteiger partial charge in [-0.15, -0.1) is 0 Å². The largest absolute Gasteiger partial charge is 0.379 e. The van der Waals surface area contributed by atoms with Crippen molar-refractivity contribution in [3.63, 3.8) is 0 Å². The third kappa shape index (κ3) is 4.05. The van der Waals surface area contributed by atoms with E-state index in [1.165, 1.54) is 6.07 Å². The fourth-order valence-corrected chi connectivity index (χ4v) is 4.40. The number of nitrogens with zero attached hydrogens (tertiary/aromatic N) is 1. The van der Waals surface area contributed by atoms with E-state index < -0.39 is 5.60 Å². The van der Waals surface area contributed by atoms with E-state index >= 15 is 0 Å². The van der Waals surface area contributed by atoms with Crippen molar-refractivity contribution in [1.82, 2.24) is 10.2 Å². The molecule has 1 atom stereocenters. The van der Waals surface area contributed by atoms with Gasteiger partial charge >= 0.3 is 0 Å². The Balaban J connectivity index is 1.47. The van der Waals surface area contributed by atoms with Gasteiger partial charge in [0, 0.05) is 37.0 Å². The summed E-state index contributed by atoms with van der Waals surface area (Å²) in [6.07, 6.45) is 2.21. The molecule has 1 aromatic carbocycles. The SMILES string of the molecule is O=C(NC1CCN(Cc2ccccc2F)CC1)C1(O)CCSC1. The van der Waals surface area contributed by atoms with Crippen LogP contribution in [-0.2, 0) is 11.3 Å². The molecule has 0 aromatic heterocycles. The number of piperidine rings is 1. The lowest BCUT2D eigenvalue weighted by atomic mass is 9.99. The summed E-state index contributed by atoms with van der Waals surface area (Å²) in [6.45, 7) is 2.26. The molecule has 2 saturated heterocycles. The minimum absolute atomic E-state index is 0.106. The van der Waals surface area contributed by atoms with Crippen molar-refractivity contribution in [2.45, 2.75) is 37.5 Å². The predicted octanol–water partition coefficient (Wildman–Crippen LogP) is 1.77. The molecular formula is C17H23FN2O2S. The van der Waals surface area contributed by atoms with E-state index in [9.17, 15) is 14.3 Å². The minimum atomic E-state index is -1.19. The Morgan fingerprint density at radius 3 is 2.78 bits per heavy atom. The lowest BCUT2D eigenvalue weighted by Crippen LogP contribution is -2.53. The maximum Gasteiger partial charge on any atom is 0.253 e. The number of likely N-dealkylation sites (tertiary alicyclic amines) is 1. The third-order valence-electron chi connectivity index (χ3n) is 4.70. The molecule has 2 aliphatic heterocycles. The first-order chi connectivity index (χ1) is 11.1. The first-order valence-electron chi connectivity index (χ1n) is 8.14. The number of thioether (sulfide) groups is 1. The van der Waals surface area contributed by atoms with Gasteiger partial charge in [-0.2, -0.15) is 11.8 Å². The van der Waals surface area contributed by atoms with Gasteiger partial charge in [0.25, 0.3) is 5.91 Å². The zero-order valence-electron chi connectivity index (χ0n) is 13.1. The summed E-state index contributed by atoms with van der Waals surface area (Å²) in [5.41, 5.74) is -0.470. The average Bonchev–Trinajstić information content (AvgIpc) is 3.00. The van der Waals surface area contributed by atoms with E-state index in [1.54, 1.807) is 17.8 Å². The van der Waals surface area contributed by atoms with Gasteiger partial charge < -0.3 is 10.4 Å². The highest BCUT2D eigenvalue weighted by atomic mass is 32.2. The summed E-state index contributed by atoms with van der Waals surface area (Å²) in [4.78, 5) is 14.4. The molecule has 0 bridgehead atoms. The summed E-state index contributed by atoms with van der Waals surface area (Å²) in [6, 6.07) is 6.96. The van der Waals surface area contributed by atoms with Gasteiger partial charge in [0.1, 0.15) is 5.82 Å². The molecular weight excluding hydrogens is 315 g/mol. The quantitative estimate of drug-likeness (QED) is 0.879. The number of carbonyl (C=O) groups is 1. The number of amides is 1. The molecule has 4 nitrogen and oxygen atoms in total. The van der Waals surface area contributed by atoms with Crippen molar-refractivity contribution >= 4 is 17.7 Å². The molecule has 2 aliphatic rings. The molecule has 0 spiro atoms.